The maximum Gasteiger partial charge on any atom is 0.224 e. The third-order valence-electron chi connectivity index (χ3n) is 3.02. The van der Waals surface area contributed by atoms with Gasteiger partial charge in [0.05, 0.1) is 6.42 Å². The van der Waals surface area contributed by atoms with E-state index in [9.17, 15) is 4.79 Å². The van der Waals surface area contributed by atoms with Crippen molar-refractivity contribution in [3.63, 3.8) is 0 Å². The second-order valence-electron chi connectivity index (χ2n) is 4.86. The first-order valence-corrected chi connectivity index (χ1v) is 6.37. The Morgan fingerprint density at radius 2 is 2.11 bits per heavy atom. The summed E-state index contributed by atoms with van der Waals surface area (Å²) in [6, 6.07) is 6.36. The van der Waals surface area contributed by atoms with Gasteiger partial charge in [-0.3, -0.25) is 4.79 Å². The van der Waals surface area contributed by atoms with Crippen molar-refractivity contribution in [1.29, 1.82) is 0 Å². The van der Waals surface area contributed by atoms with Crippen molar-refractivity contribution in [1.82, 2.24) is 5.32 Å². The van der Waals surface area contributed by atoms with Gasteiger partial charge < -0.3 is 10.1 Å². The van der Waals surface area contributed by atoms with Crippen LogP contribution in [0.3, 0.4) is 0 Å². The summed E-state index contributed by atoms with van der Waals surface area (Å²) >= 11 is 0. The lowest BCUT2D eigenvalue weighted by Crippen LogP contribution is -2.34. The summed E-state index contributed by atoms with van der Waals surface area (Å²) < 4.78 is 5.00. The molecule has 0 aliphatic heterocycles. The second-order valence-corrected chi connectivity index (χ2v) is 4.86. The van der Waals surface area contributed by atoms with Crippen LogP contribution in [0, 0.1) is 13.8 Å². The van der Waals surface area contributed by atoms with Gasteiger partial charge >= 0.3 is 0 Å². The second kappa shape index (κ2) is 7.17. The summed E-state index contributed by atoms with van der Waals surface area (Å²) in [4.78, 5) is 11.9. The predicted octanol–water partition coefficient (Wildman–Crippen LogP) is 2.39. The molecule has 1 atom stereocenters. The van der Waals surface area contributed by atoms with Crippen LogP contribution in [0.15, 0.2) is 18.2 Å². The van der Waals surface area contributed by atoms with E-state index in [-0.39, 0.29) is 11.9 Å². The van der Waals surface area contributed by atoms with Gasteiger partial charge in [0.1, 0.15) is 0 Å². The van der Waals surface area contributed by atoms with Gasteiger partial charge in [-0.15, -0.1) is 0 Å². The Balaban J connectivity index is 2.51. The van der Waals surface area contributed by atoms with Crippen molar-refractivity contribution in [3.8, 4) is 0 Å². The van der Waals surface area contributed by atoms with E-state index in [1.807, 2.05) is 20.8 Å². The summed E-state index contributed by atoms with van der Waals surface area (Å²) in [6.45, 7) is 6.75. The van der Waals surface area contributed by atoms with Crippen LogP contribution in [-0.2, 0) is 16.0 Å². The lowest BCUT2D eigenvalue weighted by molar-refractivity contribution is -0.121. The molecule has 3 heteroatoms. The molecule has 0 aliphatic rings. The highest BCUT2D eigenvalue weighted by atomic mass is 16.5. The van der Waals surface area contributed by atoms with Crippen molar-refractivity contribution in [3.05, 3.63) is 34.9 Å². The van der Waals surface area contributed by atoms with Crippen LogP contribution < -0.4 is 5.32 Å². The third kappa shape index (κ3) is 4.88. The Bertz CT molecular complexity index is 401. The molecule has 1 aromatic rings. The molecule has 3 nitrogen and oxygen atoms in total. The van der Waals surface area contributed by atoms with E-state index in [4.69, 9.17) is 4.74 Å². The van der Waals surface area contributed by atoms with E-state index in [1.165, 1.54) is 11.1 Å². The fourth-order valence-electron chi connectivity index (χ4n) is 1.86. The Morgan fingerprint density at radius 3 is 2.78 bits per heavy atom. The largest absolute Gasteiger partial charge is 0.385 e. The van der Waals surface area contributed by atoms with E-state index in [1.54, 1.807) is 7.11 Å². The van der Waals surface area contributed by atoms with E-state index in [2.05, 4.69) is 23.5 Å². The summed E-state index contributed by atoms with van der Waals surface area (Å²) in [5.74, 6) is 0.0762. The zero-order valence-electron chi connectivity index (χ0n) is 11.7. The van der Waals surface area contributed by atoms with Gasteiger partial charge in [0.2, 0.25) is 5.91 Å². The van der Waals surface area contributed by atoms with Gasteiger partial charge in [0.15, 0.2) is 0 Å². The Morgan fingerprint density at radius 1 is 1.39 bits per heavy atom. The molecular weight excluding hydrogens is 226 g/mol. The SMILES string of the molecule is COCCC(C)NC(=O)Cc1cc(C)ccc1C. The summed E-state index contributed by atoms with van der Waals surface area (Å²) in [6.07, 6.45) is 1.29. The molecule has 1 rings (SSSR count). The highest BCUT2D eigenvalue weighted by molar-refractivity contribution is 5.79. The highest BCUT2D eigenvalue weighted by Gasteiger charge is 2.09. The number of benzene rings is 1. The van der Waals surface area contributed by atoms with Gasteiger partial charge in [0, 0.05) is 19.8 Å². The molecule has 0 saturated carbocycles. The number of hydrogen-bond donors (Lipinski definition) is 1. The minimum atomic E-state index is 0.0762. The zero-order chi connectivity index (χ0) is 13.5. The van der Waals surface area contributed by atoms with Crippen molar-refractivity contribution in [2.45, 2.75) is 39.7 Å². The molecule has 1 N–H and O–H groups in total. The monoisotopic (exact) mass is 249 g/mol. The first kappa shape index (κ1) is 14.7. The molecule has 100 valence electrons. The van der Waals surface area contributed by atoms with Crippen molar-refractivity contribution in [2.24, 2.45) is 0 Å². The van der Waals surface area contributed by atoms with Crippen LogP contribution in [0.2, 0.25) is 0 Å². The highest BCUT2D eigenvalue weighted by Crippen LogP contribution is 2.11. The van der Waals surface area contributed by atoms with E-state index in [0.717, 1.165) is 12.0 Å². The van der Waals surface area contributed by atoms with Crippen molar-refractivity contribution in [2.75, 3.05) is 13.7 Å². The molecule has 1 amide bonds. The number of nitrogens with one attached hydrogen (secondary N) is 1. The number of carbonyl (C=O) groups excluding carboxylic acids is 1. The minimum Gasteiger partial charge on any atom is -0.385 e. The third-order valence-corrected chi connectivity index (χ3v) is 3.02. The smallest absolute Gasteiger partial charge is 0.224 e. The average molecular weight is 249 g/mol. The van der Waals surface area contributed by atoms with Crippen LogP contribution in [0.25, 0.3) is 0 Å². The average Bonchev–Trinajstić information content (AvgIpc) is 2.31. The maximum absolute atomic E-state index is 11.9. The van der Waals surface area contributed by atoms with Gasteiger partial charge in [-0.05, 0) is 38.3 Å². The Hall–Kier alpha value is -1.35. The zero-order valence-corrected chi connectivity index (χ0v) is 11.7. The van der Waals surface area contributed by atoms with Gasteiger partial charge in [0.25, 0.3) is 0 Å². The summed E-state index contributed by atoms with van der Waals surface area (Å²) in [7, 11) is 1.67. The molecule has 0 bridgehead atoms. The molecule has 0 saturated heterocycles. The predicted molar refractivity (Wildman–Crippen MR) is 73.7 cm³/mol. The van der Waals surface area contributed by atoms with Gasteiger partial charge in [-0.1, -0.05) is 23.8 Å². The van der Waals surface area contributed by atoms with E-state index in [0.29, 0.717) is 13.0 Å². The van der Waals surface area contributed by atoms with Crippen molar-refractivity contribution >= 4 is 5.91 Å². The molecule has 0 fully saturated rings. The fourth-order valence-corrected chi connectivity index (χ4v) is 1.86. The number of ether oxygens (including phenoxy) is 1. The van der Waals surface area contributed by atoms with Gasteiger partial charge in [-0.2, -0.15) is 0 Å². The minimum absolute atomic E-state index is 0.0762. The Labute approximate surface area is 110 Å². The number of methoxy groups -OCH3 is 1. The first-order chi connectivity index (χ1) is 8.52. The number of rotatable bonds is 6. The lowest BCUT2D eigenvalue weighted by Gasteiger charge is -2.14. The standard InChI is InChI=1S/C15H23NO2/c1-11-5-6-12(2)14(9-11)10-15(17)16-13(3)7-8-18-4/h5-6,9,13H,7-8,10H2,1-4H3,(H,16,17). The van der Waals surface area contributed by atoms with E-state index < -0.39 is 0 Å². The van der Waals surface area contributed by atoms with Gasteiger partial charge in [-0.25, -0.2) is 0 Å². The van der Waals surface area contributed by atoms with Crippen LogP contribution in [0.4, 0.5) is 0 Å². The molecule has 1 unspecified atom stereocenters. The number of carbonyl (C=O) groups is 1. The molecule has 0 aliphatic carbocycles. The number of aryl methyl sites for hydroxylation is 2. The van der Waals surface area contributed by atoms with Crippen LogP contribution in [-0.4, -0.2) is 25.7 Å². The molecule has 0 spiro atoms. The normalized spacial score (nSPS) is 12.2. The number of hydrogen-bond acceptors (Lipinski definition) is 2. The lowest BCUT2D eigenvalue weighted by atomic mass is 10.0. The molecule has 18 heavy (non-hydrogen) atoms. The Kier molecular flexibility index (Phi) is 5.86. The molecule has 0 radical (unpaired) electrons. The topological polar surface area (TPSA) is 38.3 Å². The van der Waals surface area contributed by atoms with Crippen molar-refractivity contribution < 1.29 is 9.53 Å². The van der Waals surface area contributed by atoms with Crippen LogP contribution in [0.1, 0.15) is 30.0 Å². The molecule has 0 heterocycles. The van der Waals surface area contributed by atoms with Crippen LogP contribution in [0.5, 0.6) is 0 Å². The summed E-state index contributed by atoms with van der Waals surface area (Å²) in [5, 5.41) is 2.99. The summed E-state index contributed by atoms with van der Waals surface area (Å²) in [5.41, 5.74) is 3.46. The molecule has 1 aromatic carbocycles. The number of amides is 1. The first-order valence-electron chi connectivity index (χ1n) is 6.37. The van der Waals surface area contributed by atoms with E-state index >= 15 is 0 Å². The fraction of sp³-hybridized carbons (Fsp3) is 0.533. The van der Waals surface area contributed by atoms with Crippen LogP contribution >= 0.6 is 0 Å². The molecular formula is C15H23NO2. The quantitative estimate of drug-likeness (QED) is 0.840. The molecule has 0 aromatic heterocycles. The maximum atomic E-state index is 11.9.